The number of carbonyl (C=O) groups excluding carboxylic acids is 2. The number of esters is 1. The fourth-order valence-electron chi connectivity index (χ4n) is 0.918. The Hall–Kier alpha value is -1.10. The minimum absolute atomic E-state index is 0.0609. The van der Waals surface area contributed by atoms with E-state index >= 15 is 0 Å². The third-order valence-corrected chi connectivity index (χ3v) is 1.85. The van der Waals surface area contributed by atoms with Crippen LogP contribution in [0.2, 0.25) is 0 Å². The lowest BCUT2D eigenvalue weighted by molar-refractivity contribution is -0.158. The molecule has 0 aliphatic heterocycles. The zero-order valence-electron chi connectivity index (χ0n) is 9.61. The summed E-state index contributed by atoms with van der Waals surface area (Å²) in [4.78, 5) is 22.4. The second-order valence-electron chi connectivity index (χ2n) is 3.96. The Kier molecular flexibility index (Phi) is 5.93. The maximum atomic E-state index is 11.3. The number of hydrogen-bond donors (Lipinski definition) is 2. The van der Waals surface area contributed by atoms with Crippen molar-refractivity contribution in [2.24, 2.45) is 5.92 Å². The average Bonchev–Trinajstić information content (AvgIpc) is 2.11. The number of carbonyl (C=O) groups is 2. The van der Waals surface area contributed by atoms with Crippen LogP contribution < -0.4 is 5.32 Å². The van der Waals surface area contributed by atoms with Crippen LogP contribution in [0.5, 0.6) is 0 Å². The summed E-state index contributed by atoms with van der Waals surface area (Å²) in [6, 6.07) is -0.419. The summed E-state index contributed by atoms with van der Waals surface area (Å²) in [6.07, 6.45) is -0.324. The van der Waals surface area contributed by atoms with Gasteiger partial charge in [-0.1, -0.05) is 13.8 Å². The molecular weight excluding hydrogens is 198 g/mol. The minimum atomic E-state index is -0.913. The molecule has 0 radical (unpaired) electrons. The van der Waals surface area contributed by atoms with Crippen LogP contribution in [0.1, 0.15) is 27.7 Å². The number of nitrogens with one attached hydrogen (secondary N) is 1. The molecule has 15 heavy (non-hydrogen) atoms. The summed E-state index contributed by atoms with van der Waals surface area (Å²) >= 11 is 0. The maximum absolute atomic E-state index is 11.3. The lowest BCUT2D eigenvalue weighted by atomic mass is 10.1. The molecule has 0 aromatic carbocycles. The molecule has 0 rings (SSSR count). The molecule has 0 heterocycles. The molecule has 0 spiro atoms. The van der Waals surface area contributed by atoms with Crippen LogP contribution in [0.15, 0.2) is 0 Å². The molecule has 0 aromatic rings. The Labute approximate surface area is 89.8 Å². The lowest BCUT2D eigenvalue weighted by Crippen LogP contribution is -2.45. The third kappa shape index (κ3) is 5.37. The first kappa shape index (κ1) is 13.9. The fourth-order valence-corrected chi connectivity index (χ4v) is 0.918. The van der Waals surface area contributed by atoms with Gasteiger partial charge in [-0.2, -0.15) is 0 Å². The number of rotatable bonds is 4. The first-order valence-corrected chi connectivity index (χ1v) is 5.00. The second-order valence-corrected chi connectivity index (χ2v) is 3.96. The van der Waals surface area contributed by atoms with Crippen molar-refractivity contribution in [3.05, 3.63) is 0 Å². The summed E-state index contributed by atoms with van der Waals surface area (Å²) in [7, 11) is 0. The molecular formula is C10H19NO4. The van der Waals surface area contributed by atoms with Gasteiger partial charge in [0.05, 0.1) is 18.8 Å². The quantitative estimate of drug-likeness (QED) is 0.516. The van der Waals surface area contributed by atoms with E-state index in [1.54, 1.807) is 13.8 Å². The van der Waals surface area contributed by atoms with E-state index < -0.39 is 17.9 Å². The molecule has 0 bridgehead atoms. The van der Waals surface area contributed by atoms with Crippen molar-refractivity contribution in [3.63, 3.8) is 0 Å². The Bertz CT molecular complexity index is 225. The van der Waals surface area contributed by atoms with Gasteiger partial charge in [0.25, 0.3) is 0 Å². The van der Waals surface area contributed by atoms with Gasteiger partial charge in [0.15, 0.2) is 0 Å². The van der Waals surface area contributed by atoms with Gasteiger partial charge in [-0.05, 0) is 19.8 Å². The predicted octanol–water partition coefficient (Wildman–Crippen LogP) is 0.0711. The van der Waals surface area contributed by atoms with E-state index in [4.69, 9.17) is 9.84 Å². The Morgan fingerprint density at radius 3 is 2.13 bits per heavy atom. The zero-order chi connectivity index (χ0) is 12.0. The molecule has 0 aromatic heterocycles. The van der Waals surface area contributed by atoms with Crippen LogP contribution in [0.25, 0.3) is 0 Å². The largest absolute Gasteiger partial charge is 0.456 e. The summed E-state index contributed by atoms with van der Waals surface area (Å²) in [5, 5.41) is 11.3. The number of aliphatic hydroxyl groups excluding tert-OH is 1. The SMILES string of the molecule is CC(C)OC(=O)C(=O)N[C@H](CO)C(C)C. The highest BCUT2D eigenvalue weighted by Gasteiger charge is 2.22. The van der Waals surface area contributed by atoms with Crippen LogP contribution in [-0.4, -0.2) is 35.7 Å². The van der Waals surface area contributed by atoms with Crippen molar-refractivity contribution in [3.8, 4) is 0 Å². The van der Waals surface area contributed by atoms with E-state index in [0.717, 1.165) is 0 Å². The monoisotopic (exact) mass is 217 g/mol. The average molecular weight is 217 g/mol. The topological polar surface area (TPSA) is 75.6 Å². The number of hydrogen-bond acceptors (Lipinski definition) is 4. The molecule has 88 valence electrons. The van der Waals surface area contributed by atoms with E-state index in [1.807, 2.05) is 13.8 Å². The van der Waals surface area contributed by atoms with Gasteiger partial charge in [-0.3, -0.25) is 4.79 Å². The Balaban J connectivity index is 4.16. The molecule has 0 aliphatic rings. The van der Waals surface area contributed by atoms with E-state index in [2.05, 4.69) is 5.32 Å². The smallest absolute Gasteiger partial charge is 0.397 e. The van der Waals surface area contributed by atoms with Gasteiger partial charge in [0.1, 0.15) is 0 Å². The van der Waals surface area contributed by atoms with Crippen molar-refractivity contribution in [2.45, 2.75) is 39.8 Å². The van der Waals surface area contributed by atoms with Crippen LogP contribution in [-0.2, 0) is 14.3 Å². The van der Waals surface area contributed by atoms with Gasteiger partial charge in [-0.15, -0.1) is 0 Å². The first-order chi connectivity index (χ1) is 6.88. The minimum Gasteiger partial charge on any atom is -0.456 e. The second kappa shape index (κ2) is 6.40. The predicted molar refractivity (Wildman–Crippen MR) is 55.1 cm³/mol. The highest BCUT2D eigenvalue weighted by molar-refractivity contribution is 6.32. The standard InChI is InChI=1S/C10H19NO4/c1-6(2)8(5-12)11-9(13)10(14)15-7(3)4/h6-8,12H,5H2,1-4H3,(H,11,13)/t8-/m1/s1. The van der Waals surface area contributed by atoms with Crippen molar-refractivity contribution < 1.29 is 19.4 Å². The first-order valence-electron chi connectivity index (χ1n) is 5.00. The van der Waals surface area contributed by atoms with Crippen LogP contribution in [0.4, 0.5) is 0 Å². The molecule has 0 aliphatic carbocycles. The number of ether oxygens (including phenoxy) is 1. The molecule has 0 saturated heterocycles. The maximum Gasteiger partial charge on any atom is 0.397 e. The highest BCUT2D eigenvalue weighted by atomic mass is 16.5. The normalized spacial score (nSPS) is 12.7. The third-order valence-electron chi connectivity index (χ3n) is 1.85. The Morgan fingerprint density at radius 2 is 1.80 bits per heavy atom. The zero-order valence-corrected chi connectivity index (χ0v) is 9.61. The highest BCUT2D eigenvalue weighted by Crippen LogP contribution is 2.00. The van der Waals surface area contributed by atoms with Gasteiger partial charge in [-0.25, -0.2) is 4.79 Å². The molecule has 1 atom stereocenters. The number of amides is 1. The Morgan fingerprint density at radius 1 is 1.27 bits per heavy atom. The van der Waals surface area contributed by atoms with Crippen molar-refractivity contribution in [1.82, 2.24) is 5.32 Å². The van der Waals surface area contributed by atoms with Crippen LogP contribution in [0.3, 0.4) is 0 Å². The van der Waals surface area contributed by atoms with Gasteiger partial charge in [0.2, 0.25) is 0 Å². The van der Waals surface area contributed by atoms with Crippen molar-refractivity contribution >= 4 is 11.9 Å². The molecule has 0 saturated carbocycles. The molecule has 0 fully saturated rings. The summed E-state index contributed by atoms with van der Waals surface area (Å²) in [6.45, 7) is 6.82. The molecule has 5 nitrogen and oxygen atoms in total. The lowest BCUT2D eigenvalue weighted by Gasteiger charge is -2.19. The van der Waals surface area contributed by atoms with Crippen molar-refractivity contribution in [1.29, 1.82) is 0 Å². The van der Waals surface area contributed by atoms with E-state index in [-0.39, 0.29) is 18.6 Å². The van der Waals surface area contributed by atoms with E-state index in [0.29, 0.717) is 0 Å². The summed E-state index contributed by atoms with van der Waals surface area (Å²) < 4.78 is 4.70. The molecule has 5 heteroatoms. The van der Waals surface area contributed by atoms with Gasteiger partial charge < -0.3 is 15.2 Å². The molecule has 1 amide bonds. The number of aliphatic hydroxyl groups is 1. The van der Waals surface area contributed by atoms with Gasteiger partial charge >= 0.3 is 11.9 Å². The molecule has 2 N–H and O–H groups in total. The molecule has 0 unspecified atom stereocenters. The fraction of sp³-hybridized carbons (Fsp3) is 0.800. The van der Waals surface area contributed by atoms with E-state index in [1.165, 1.54) is 0 Å². The summed E-state index contributed by atoms with van der Waals surface area (Å²) in [5.41, 5.74) is 0. The van der Waals surface area contributed by atoms with Gasteiger partial charge in [0, 0.05) is 0 Å². The van der Waals surface area contributed by atoms with Crippen LogP contribution >= 0.6 is 0 Å². The van der Waals surface area contributed by atoms with Crippen LogP contribution in [0, 0.1) is 5.92 Å². The van der Waals surface area contributed by atoms with Crippen molar-refractivity contribution in [2.75, 3.05) is 6.61 Å². The summed E-state index contributed by atoms with van der Waals surface area (Å²) in [5.74, 6) is -1.66. The van der Waals surface area contributed by atoms with E-state index in [9.17, 15) is 9.59 Å².